The Morgan fingerprint density at radius 1 is 1.53 bits per heavy atom. The van der Waals surface area contributed by atoms with Gasteiger partial charge in [-0.2, -0.15) is 0 Å². The number of hydrogen-bond donors (Lipinski definition) is 2. The molecule has 2 aliphatic rings. The van der Waals surface area contributed by atoms with Gasteiger partial charge in [0.1, 0.15) is 0 Å². The van der Waals surface area contributed by atoms with Crippen LogP contribution in [0, 0.1) is 11.8 Å². The van der Waals surface area contributed by atoms with Crippen molar-refractivity contribution < 1.29 is 4.79 Å². The molecule has 2 atom stereocenters. The minimum atomic E-state index is -0.0479. The van der Waals surface area contributed by atoms with Crippen molar-refractivity contribution in [3.63, 3.8) is 0 Å². The number of hydrogen-bond acceptors (Lipinski definition) is 2. The topological polar surface area (TPSA) is 55.1 Å². The maximum absolute atomic E-state index is 11.9. The van der Waals surface area contributed by atoms with Gasteiger partial charge < -0.3 is 11.1 Å². The Morgan fingerprint density at radius 2 is 2.35 bits per heavy atom. The zero-order valence-electron chi connectivity index (χ0n) is 9.60. The van der Waals surface area contributed by atoms with Crippen LogP contribution in [0.2, 0.25) is 0 Å². The number of nitrogens with one attached hydrogen (secondary N) is 1. The fourth-order valence-corrected chi connectivity index (χ4v) is 1.95. The molecule has 0 radical (unpaired) electrons. The van der Waals surface area contributed by atoms with Gasteiger partial charge in [0.15, 0.2) is 0 Å². The molecule has 88 valence electrons. The van der Waals surface area contributed by atoms with E-state index in [1.807, 2.05) is 12.2 Å². The third kappa shape index (κ3) is 2.75. The average Bonchev–Trinajstić information content (AvgIpc) is 3.07. The SMILES string of the molecule is C=C(/C=C\C=C\N)NC(=O)C1=CC=CC2C[C@H]12. The molecule has 3 heteroatoms. The molecule has 0 aromatic rings. The van der Waals surface area contributed by atoms with E-state index >= 15 is 0 Å². The Morgan fingerprint density at radius 3 is 3.12 bits per heavy atom. The van der Waals surface area contributed by atoms with Crippen LogP contribution in [-0.2, 0) is 4.79 Å². The smallest absolute Gasteiger partial charge is 0.251 e. The molecule has 0 bridgehead atoms. The Bertz CT molecular complexity index is 455. The number of nitrogens with two attached hydrogens (primary N) is 1. The highest BCUT2D eigenvalue weighted by Crippen LogP contribution is 2.47. The summed E-state index contributed by atoms with van der Waals surface area (Å²) in [6.45, 7) is 3.76. The highest BCUT2D eigenvalue weighted by molar-refractivity contribution is 5.96. The second-order valence-corrected chi connectivity index (χ2v) is 4.24. The van der Waals surface area contributed by atoms with Crippen LogP contribution in [0.5, 0.6) is 0 Å². The Hall–Kier alpha value is -2.03. The molecule has 0 spiro atoms. The van der Waals surface area contributed by atoms with Gasteiger partial charge in [-0.05, 0) is 36.6 Å². The Balaban J connectivity index is 1.91. The summed E-state index contributed by atoms with van der Waals surface area (Å²) in [4.78, 5) is 11.9. The molecule has 0 aliphatic heterocycles. The number of carbonyl (C=O) groups is 1. The number of rotatable bonds is 4. The summed E-state index contributed by atoms with van der Waals surface area (Å²) in [5, 5.41) is 2.77. The number of carbonyl (C=O) groups excluding carboxylic acids is 1. The van der Waals surface area contributed by atoms with E-state index in [2.05, 4.69) is 18.0 Å². The maximum Gasteiger partial charge on any atom is 0.251 e. The van der Waals surface area contributed by atoms with E-state index < -0.39 is 0 Å². The van der Waals surface area contributed by atoms with Crippen LogP contribution >= 0.6 is 0 Å². The van der Waals surface area contributed by atoms with Crippen LogP contribution in [0.1, 0.15) is 6.42 Å². The predicted molar refractivity (Wildman–Crippen MR) is 68.6 cm³/mol. The Labute approximate surface area is 101 Å². The number of fused-ring (bicyclic) bond motifs is 1. The number of amides is 1. The van der Waals surface area contributed by atoms with Gasteiger partial charge in [0.05, 0.1) is 0 Å². The van der Waals surface area contributed by atoms with Crippen molar-refractivity contribution >= 4 is 5.91 Å². The summed E-state index contributed by atoms with van der Waals surface area (Å²) >= 11 is 0. The monoisotopic (exact) mass is 228 g/mol. The van der Waals surface area contributed by atoms with Crippen LogP contribution in [0.15, 0.2) is 60.5 Å². The molecule has 0 heterocycles. The van der Waals surface area contributed by atoms with Crippen molar-refractivity contribution in [3.8, 4) is 0 Å². The lowest BCUT2D eigenvalue weighted by molar-refractivity contribution is -0.117. The van der Waals surface area contributed by atoms with Gasteiger partial charge in [0.25, 0.3) is 5.91 Å². The van der Waals surface area contributed by atoms with Crippen LogP contribution < -0.4 is 11.1 Å². The van der Waals surface area contributed by atoms with Crippen LogP contribution in [-0.4, -0.2) is 5.91 Å². The molecule has 3 N–H and O–H groups in total. The van der Waals surface area contributed by atoms with Gasteiger partial charge >= 0.3 is 0 Å². The first-order valence-electron chi connectivity index (χ1n) is 5.66. The molecule has 1 amide bonds. The lowest BCUT2D eigenvalue weighted by Gasteiger charge is -2.09. The third-order valence-corrected chi connectivity index (χ3v) is 2.93. The summed E-state index contributed by atoms with van der Waals surface area (Å²) in [5.41, 5.74) is 6.62. The van der Waals surface area contributed by atoms with E-state index in [-0.39, 0.29) is 5.91 Å². The van der Waals surface area contributed by atoms with Gasteiger partial charge in [0, 0.05) is 11.3 Å². The molecular formula is C14H16N2O. The highest BCUT2D eigenvalue weighted by atomic mass is 16.1. The first-order chi connectivity index (χ1) is 8.22. The molecule has 2 rings (SSSR count). The van der Waals surface area contributed by atoms with E-state index in [1.165, 1.54) is 6.20 Å². The molecular weight excluding hydrogens is 212 g/mol. The zero-order valence-corrected chi connectivity index (χ0v) is 9.60. The highest BCUT2D eigenvalue weighted by Gasteiger charge is 2.41. The summed E-state index contributed by atoms with van der Waals surface area (Å²) < 4.78 is 0. The minimum absolute atomic E-state index is 0.0479. The van der Waals surface area contributed by atoms with E-state index in [9.17, 15) is 4.79 Å². The lowest BCUT2D eigenvalue weighted by Crippen LogP contribution is -2.24. The van der Waals surface area contributed by atoms with Crippen molar-refractivity contribution in [2.75, 3.05) is 0 Å². The zero-order chi connectivity index (χ0) is 12.3. The third-order valence-electron chi connectivity index (χ3n) is 2.93. The molecule has 3 nitrogen and oxygen atoms in total. The molecule has 1 unspecified atom stereocenters. The summed E-state index contributed by atoms with van der Waals surface area (Å²) in [6.07, 6.45) is 13.6. The van der Waals surface area contributed by atoms with Crippen molar-refractivity contribution in [2.45, 2.75) is 6.42 Å². The first-order valence-corrected chi connectivity index (χ1v) is 5.66. The largest absolute Gasteiger partial charge is 0.405 e. The fourth-order valence-electron chi connectivity index (χ4n) is 1.95. The van der Waals surface area contributed by atoms with Gasteiger partial charge in [0.2, 0.25) is 0 Å². The summed E-state index contributed by atoms with van der Waals surface area (Å²) in [7, 11) is 0. The van der Waals surface area contributed by atoms with Crippen molar-refractivity contribution in [3.05, 3.63) is 60.5 Å². The van der Waals surface area contributed by atoms with Crippen LogP contribution in [0.3, 0.4) is 0 Å². The van der Waals surface area contributed by atoms with E-state index in [4.69, 9.17) is 5.73 Å². The molecule has 17 heavy (non-hydrogen) atoms. The number of allylic oxidation sites excluding steroid dienone is 6. The standard InChI is InChI=1S/C14H16N2O/c1-10(5-2-3-8-15)16-14(17)12-7-4-6-11-9-13(11)12/h2-8,11,13H,1,9,15H2,(H,16,17)/b5-2-,8-3+/t11?,13-/m0/s1. The summed E-state index contributed by atoms with van der Waals surface area (Å²) in [6, 6.07) is 0. The lowest BCUT2D eigenvalue weighted by atomic mass is 10.0. The van der Waals surface area contributed by atoms with E-state index in [0.717, 1.165) is 12.0 Å². The van der Waals surface area contributed by atoms with Crippen molar-refractivity contribution in [1.29, 1.82) is 0 Å². The summed E-state index contributed by atoms with van der Waals surface area (Å²) in [5.74, 6) is 0.943. The molecule has 1 saturated carbocycles. The van der Waals surface area contributed by atoms with Gasteiger partial charge in [-0.1, -0.05) is 30.9 Å². The molecule has 0 aromatic carbocycles. The van der Waals surface area contributed by atoms with E-state index in [1.54, 1.807) is 18.2 Å². The second-order valence-electron chi connectivity index (χ2n) is 4.24. The van der Waals surface area contributed by atoms with Crippen molar-refractivity contribution in [1.82, 2.24) is 5.32 Å². The first kappa shape index (κ1) is 11.5. The van der Waals surface area contributed by atoms with Crippen molar-refractivity contribution in [2.24, 2.45) is 17.6 Å². The van der Waals surface area contributed by atoms with Gasteiger partial charge in [-0.25, -0.2) is 0 Å². The molecule has 0 aromatic heterocycles. The predicted octanol–water partition coefficient (Wildman–Crippen LogP) is 1.78. The van der Waals surface area contributed by atoms with Crippen LogP contribution in [0.25, 0.3) is 0 Å². The average molecular weight is 228 g/mol. The normalized spacial score (nSPS) is 25.8. The Kier molecular flexibility index (Phi) is 3.28. The van der Waals surface area contributed by atoms with Crippen LogP contribution in [0.4, 0.5) is 0 Å². The van der Waals surface area contributed by atoms with E-state index in [0.29, 0.717) is 17.5 Å². The molecule has 0 saturated heterocycles. The fraction of sp³-hybridized carbons (Fsp3) is 0.214. The molecule has 1 fully saturated rings. The maximum atomic E-state index is 11.9. The van der Waals surface area contributed by atoms with Gasteiger partial charge in [-0.3, -0.25) is 4.79 Å². The molecule has 2 aliphatic carbocycles. The quantitative estimate of drug-likeness (QED) is 0.721. The minimum Gasteiger partial charge on any atom is -0.405 e. The second kappa shape index (κ2) is 4.87. The van der Waals surface area contributed by atoms with Gasteiger partial charge in [-0.15, -0.1) is 0 Å².